The minimum absolute atomic E-state index is 0.218. The van der Waals surface area contributed by atoms with Gasteiger partial charge in [-0.05, 0) is 21.9 Å². The zero-order valence-electron chi connectivity index (χ0n) is 12.2. The van der Waals surface area contributed by atoms with Gasteiger partial charge in [-0.1, -0.05) is 36.4 Å². The molecule has 114 valence electrons. The average Bonchev–Trinajstić information content (AvgIpc) is 2.61. The van der Waals surface area contributed by atoms with Gasteiger partial charge in [0, 0.05) is 25.5 Å². The number of aromatic nitrogens is 2. The molecule has 1 aliphatic heterocycles. The molecule has 0 saturated carbocycles. The molecule has 6 nitrogen and oxygen atoms in total. The van der Waals surface area contributed by atoms with Crippen LogP contribution in [0.3, 0.4) is 0 Å². The van der Waals surface area contributed by atoms with E-state index in [4.69, 9.17) is 5.21 Å². The van der Waals surface area contributed by atoms with E-state index in [1.165, 1.54) is 34.3 Å². The van der Waals surface area contributed by atoms with Gasteiger partial charge in [0.25, 0.3) is 5.91 Å². The second-order valence-corrected chi connectivity index (χ2v) is 5.50. The van der Waals surface area contributed by atoms with E-state index in [0.717, 1.165) is 13.1 Å². The van der Waals surface area contributed by atoms with E-state index in [-0.39, 0.29) is 5.56 Å². The third-order valence-electron chi connectivity index (χ3n) is 4.08. The van der Waals surface area contributed by atoms with Gasteiger partial charge in [-0.15, -0.1) is 0 Å². The van der Waals surface area contributed by atoms with E-state index >= 15 is 0 Å². The Balaban J connectivity index is 1.69. The lowest BCUT2D eigenvalue weighted by Crippen LogP contribution is -2.28. The number of carbonyl (C=O) groups excluding carboxylic acids is 1. The van der Waals surface area contributed by atoms with Crippen molar-refractivity contribution in [3.63, 3.8) is 0 Å². The number of nitrogens with zero attached hydrogens (tertiary/aromatic N) is 3. The first-order valence-electron chi connectivity index (χ1n) is 7.27. The number of hydrogen-bond acceptors (Lipinski definition) is 5. The van der Waals surface area contributed by atoms with Crippen LogP contribution in [-0.2, 0) is 13.1 Å². The molecule has 2 heterocycles. The summed E-state index contributed by atoms with van der Waals surface area (Å²) >= 11 is 0. The predicted octanol–water partition coefficient (Wildman–Crippen LogP) is 2.27. The fourth-order valence-electron chi connectivity index (χ4n) is 3.04. The molecule has 4 rings (SSSR count). The molecule has 0 atom stereocenters. The molecule has 0 spiro atoms. The van der Waals surface area contributed by atoms with Crippen LogP contribution in [0.4, 0.5) is 5.95 Å². The van der Waals surface area contributed by atoms with Crippen LogP contribution in [0.15, 0.2) is 48.8 Å². The monoisotopic (exact) mass is 306 g/mol. The lowest BCUT2D eigenvalue weighted by atomic mass is 9.95. The Hall–Kier alpha value is -2.99. The summed E-state index contributed by atoms with van der Waals surface area (Å²) in [4.78, 5) is 21.9. The molecule has 23 heavy (non-hydrogen) atoms. The van der Waals surface area contributed by atoms with E-state index in [9.17, 15) is 4.79 Å². The molecule has 0 unspecified atom stereocenters. The molecule has 1 aliphatic rings. The fraction of sp³-hybridized carbons (Fsp3) is 0.118. The van der Waals surface area contributed by atoms with E-state index in [1.54, 1.807) is 5.48 Å². The molecule has 3 aromatic rings. The second-order valence-electron chi connectivity index (χ2n) is 5.50. The highest BCUT2D eigenvalue weighted by Gasteiger charge is 2.20. The summed E-state index contributed by atoms with van der Waals surface area (Å²) in [5.41, 5.74) is 4.27. The summed E-state index contributed by atoms with van der Waals surface area (Å²) in [7, 11) is 0. The van der Waals surface area contributed by atoms with Gasteiger partial charge in [-0.2, -0.15) is 0 Å². The summed E-state index contributed by atoms with van der Waals surface area (Å²) in [6.45, 7) is 1.44. The summed E-state index contributed by atoms with van der Waals surface area (Å²) < 4.78 is 0. The number of rotatable bonds is 2. The SMILES string of the molecule is O=C(NO)c1cnc(N2Cc3cccc4cccc(c34)C2)nc1. The van der Waals surface area contributed by atoms with Crippen LogP contribution in [0.5, 0.6) is 0 Å². The van der Waals surface area contributed by atoms with Gasteiger partial charge in [0.05, 0.1) is 5.56 Å². The minimum Gasteiger partial charge on any atom is -0.332 e. The number of hydroxylamine groups is 1. The molecule has 1 amide bonds. The quantitative estimate of drug-likeness (QED) is 0.561. The number of benzene rings is 2. The van der Waals surface area contributed by atoms with Crippen molar-refractivity contribution in [2.24, 2.45) is 0 Å². The maximum atomic E-state index is 11.3. The number of anilines is 1. The predicted molar refractivity (Wildman–Crippen MR) is 85.1 cm³/mol. The molecule has 0 bridgehead atoms. The molecule has 0 radical (unpaired) electrons. The number of nitrogens with one attached hydrogen (secondary N) is 1. The molecule has 6 heteroatoms. The van der Waals surface area contributed by atoms with Crippen LogP contribution in [0.1, 0.15) is 21.5 Å². The van der Waals surface area contributed by atoms with Crippen molar-refractivity contribution in [1.29, 1.82) is 0 Å². The Morgan fingerprint density at radius 3 is 2.22 bits per heavy atom. The molecular formula is C17H14N4O2. The molecule has 2 aromatic carbocycles. The van der Waals surface area contributed by atoms with E-state index in [0.29, 0.717) is 5.95 Å². The van der Waals surface area contributed by atoms with Crippen molar-refractivity contribution < 1.29 is 10.0 Å². The maximum absolute atomic E-state index is 11.3. The molecule has 0 fully saturated rings. The van der Waals surface area contributed by atoms with Crippen LogP contribution in [0.25, 0.3) is 10.8 Å². The van der Waals surface area contributed by atoms with Crippen molar-refractivity contribution in [3.05, 3.63) is 65.5 Å². The molecule has 0 saturated heterocycles. The number of carbonyl (C=O) groups is 1. The van der Waals surface area contributed by atoms with Gasteiger partial charge < -0.3 is 4.90 Å². The first-order chi connectivity index (χ1) is 11.3. The highest BCUT2D eigenvalue weighted by molar-refractivity contribution is 5.93. The van der Waals surface area contributed by atoms with Crippen LogP contribution in [0.2, 0.25) is 0 Å². The Labute approximate surface area is 132 Å². The van der Waals surface area contributed by atoms with Crippen molar-refractivity contribution >= 4 is 22.6 Å². The second kappa shape index (κ2) is 5.33. The van der Waals surface area contributed by atoms with E-state index in [2.05, 4.69) is 51.3 Å². The Kier molecular flexibility index (Phi) is 3.17. The van der Waals surface area contributed by atoms with Crippen LogP contribution < -0.4 is 10.4 Å². The van der Waals surface area contributed by atoms with Gasteiger partial charge in [-0.25, -0.2) is 15.4 Å². The zero-order valence-corrected chi connectivity index (χ0v) is 12.2. The van der Waals surface area contributed by atoms with Gasteiger partial charge >= 0.3 is 0 Å². The summed E-state index contributed by atoms with van der Waals surface area (Å²) in [5.74, 6) is -0.0590. The molecule has 2 N–H and O–H groups in total. The largest absolute Gasteiger partial charge is 0.332 e. The van der Waals surface area contributed by atoms with E-state index < -0.39 is 5.91 Å². The van der Waals surface area contributed by atoms with Crippen molar-refractivity contribution in [2.45, 2.75) is 13.1 Å². The highest BCUT2D eigenvalue weighted by atomic mass is 16.5. The Bertz CT molecular complexity index is 852. The Morgan fingerprint density at radius 1 is 1.04 bits per heavy atom. The third-order valence-corrected chi connectivity index (χ3v) is 4.08. The van der Waals surface area contributed by atoms with Gasteiger partial charge in [0.2, 0.25) is 5.95 Å². The highest BCUT2D eigenvalue weighted by Crippen LogP contribution is 2.31. The van der Waals surface area contributed by atoms with Crippen molar-refractivity contribution in [3.8, 4) is 0 Å². The van der Waals surface area contributed by atoms with Crippen molar-refractivity contribution in [1.82, 2.24) is 15.4 Å². The number of amides is 1. The number of hydrogen-bond donors (Lipinski definition) is 2. The summed E-state index contributed by atoms with van der Waals surface area (Å²) in [6.07, 6.45) is 2.82. The normalized spacial score (nSPS) is 13.2. The molecule has 0 aliphatic carbocycles. The minimum atomic E-state index is -0.620. The topological polar surface area (TPSA) is 78.3 Å². The first-order valence-corrected chi connectivity index (χ1v) is 7.27. The smallest absolute Gasteiger partial charge is 0.277 e. The lowest BCUT2D eigenvalue weighted by Gasteiger charge is -2.29. The lowest BCUT2D eigenvalue weighted by molar-refractivity contribution is 0.0705. The maximum Gasteiger partial charge on any atom is 0.277 e. The zero-order chi connectivity index (χ0) is 15.8. The van der Waals surface area contributed by atoms with Gasteiger partial charge in [0.15, 0.2) is 0 Å². The van der Waals surface area contributed by atoms with Crippen molar-refractivity contribution in [2.75, 3.05) is 4.90 Å². The van der Waals surface area contributed by atoms with Crippen LogP contribution in [0, 0.1) is 0 Å². The molecule has 1 aromatic heterocycles. The molecular weight excluding hydrogens is 292 g/mol. The van der Waals surface area contributed by atoms with Crippen LogP contribution >= 0.6 is 0 Å². The standard InChI is InChI=1S/C17H14N4O2/c22-16(20-23)14-7-18-17(19-8-14)21-9-12-5-1-3-11-4-2-6-13(10-21)15(11)12/h1-8,23H,9-10H2,(H,20,22). The summed E-state index contributed by atoms with van der Waals surface area (Å²) in [5, 5.41) is 11.2. The first kappa shape index (κ1) is 13.7. The average molecular weight is 306 g/mol. The van der Waals surface area contributed by atoms with E-state index in [1.807, 2.05) is 0 Å². The fourth-order valence-corrected chi connectivity index (χ4v) is 3.04. The van der Waals surface area contributed by atoms with Crippen LogP contribution in [-0.4, -0.2) is 21.1 Å². The van der Waals surface area contributed by atoms with Gasteiger partial charge in [0.1, 0.15) is 0 Å². The Morgan fingerprint density at radius 2 is 1.65 bits per heavy atom. The summed E-state index contributed by atoms with van der Waals surface area (Å²) in [6, 6.07) is 12.6. The third kappa shape index (κ3) is 2.29. The van der Waals surface area contributed by atoms with Gasteiger partial charge in [-0.3, -0.25) is 10.0 Å².